The second-order valence-electron chi connectivity index (χ2n) is 4.84. The van der Waals surface area contributed by atoms with Gasteiger partial charge in [-0.3, -0.25) is 0 Å². The minimum absolute atomic E-state index is 0.0176. The van der Waals surface area contributed by atoms with Gasteiger partial charge >= 0.3 is 0 Å². The van der Waals surface area contributed by atoms with Gasteiger partial charge in [-0.25, -0.2) is 14.4 Å². The molecule has 3 rings (SSSR count). The van der Waals surface area contributed by atoms with E-state index in [2.05, 4.69) is 15.3 Å². The summed E-state index contributed by atoms with van der Waals surface area (Å²) in [7, 11) is 0. The topological polar surface area (TPSA) is 54.9 Å². The van der Waals surface area contributed by atoms with Gasteiger partial charge in [-0.2, -0.15) is 0 Å². The number of halogens is 1. The highest BCUT2D eigenvalue weighted by molar-refractivity contribution is 5.82. The predicted molar refractivity (Wildman–Crippen MR) is 70.6 cm³/mol. The van der Waals surface area contributed by atoms with Crippen molar-refractivity contribution in [1.82, 2.24) is 9.97 Å². The highest BCUT2D eigenvalue weighted by Gasteiger charge is 2.23. The summed E-state index contributed by atoms with van der Waals surface area (Å²) in [5.41, 5.74) is 2.21. The monoisotopic (exact) mass is 259 g/mol. The molecule has 1 heterocycles. The summed E-state index contributed by atoms with van der Waals surface area (Å²) in [4.78, 5) is 19.6. The summed E-state index contributed by atoms with van der Waals surface area (Å²) < 4.78 is 13.8. The van der Waals surface area contributed by atoms with Crippen molar-refractivity contribution in [3.05, 3.63) is 29.2 Å². The Kier molecular flexibility index (Phi) is 2.89. The molecular formula is C14H14FN3O. The van der Waals surface area contributed by atoms with Crippen LogP contribution in [0.5, 0.6) is 0 Å². The first kappa shape index (κ1) is 12.0. The molecule has 0 aliphatic heterocycles. The standard InChI is InChI=1S/C14H14FN3O/c1-8-14(17-9-2-3-9)18-13-10(6-7-19)11(15)4-5-12(13)16-8/h4-5,7,9H,2-3,6H2,1H3,(H,17,18). The molecule has 5 heteroatoms. The zero-order valence-electron chi connectivity index (χ0n) is 10.6. The molecule has 1 fully saturated rings. The van der Waals surface area contributed by atoms with E-state index in [1.807, 2.05) is 6.92 Å². The molecule has 0 radical (unpaired) electrons. The molecule has 98 valence electrons. The van der Waals surface area contributed by atoms with Crippen molar-refractivity contribution in [2.75, 3.05) is 5.32 Å². The molecule has 0 spiro atoms. The van der Waals surface area contributed by atoms with Crippen LogP contribution < -0.4 is 5.32 Å². The molecule has 0 amide bonds. The Morgan fingerprint density at radius 2 is 2.21 bits per heavy atom. The van der Waals surface area contributed by atoms with Crippen LogP contribution in [-0.2, 0) is 11.2 Å². The number of aromatic nitrogens is 2. The lowest BCUT2D eigenvalue weighted by Crippen LogP contribution is -2.08. The number of nitrogens with zero attached hydrogens (tertiary/aromatic N) is 2. The lowest BCUT2D eigenvalue weighted by Gasteiger charge is -2.10. The summed E-state index contributed by atoms with van der Waals surface area (Å²) in [6.45, 7) is 1.87. The van der Waals surface area contributed by atoms with Crippen LogP contribution in [0, 0.1) is 12.7 Å². The van der Waals surface area contributed by atoms with E-state index in [-0.39, 0.29) is 6.42 Å². The lowest BCUT2D eigenvalue weighted by molar-refractivity contribution is -0.107. The predicted octanol–water partition coefficient (Wildman–Crippen LogP) is 2.39. The van der Waals surface area contributed by atoms with Crippen molar-refractivity contribution in [3.63, 3.8) is 0 Å². The number of carbonyl (C=O) groups is 1. The molecular weight excluding hydrogens is 245 g/mol. The molecule has 0 unspecified atom stereocenters. The van der Waals surface area contributed by atoms with Crippen LogP contribution in [0.2, 0.25) is 0 Å². The second kappa shape index (κ2) is 4.57. The fourth-order valence-electron chi connectivity index (χ4n) is 2.08. The third-order valence-corrected chi connectivity index (χ3v) is 3.26. The molecule has 0 saturated heterocycles. The molecule has 0 atom stereocenters. The maximum absolute atomic E-state index is 13.8. The molecule has 4 nitrogen and oxygen atoms in total. The van der Waals surface area contributed by atoms with E-state index in [4.69, 9.17) is 0 Å². The second-order valence-corrected chi connectivity index (χ2v) is 4.84. The van der Waals surface area contributed by atoms with E-state index < -0.39 is 5.82 Å². The summed E-state index contributed by atoms with van der Waals surface area (Å²) in [6, 6.07) is 3.39. The molecule has 1 aliphatic rings. The lowest BCUT2D eigenvalue weighted by atomic mass is 10.1. The summed E-state index contributed by atoms with van der Waals surface area (Å²) in [5, 5.41) is 3.28. The van der Waals surface area contributed by atoms with Gasteiger partial charge in [0.1, 0.15) is 17.9 Å². The van der Waals surface area contributed by atoms with Crippen molar-refractivity contribution in [2.24, 2.45) is 0 Å². The van der Waals surface area contributed by atoms with Gasteiger partial charge in [-0.1, -0.05) is 0 Å². The third kappa shape index (κ3) is 2.28. The Labute approximate surface area is 110 Å². The fourth-order valence-corrected chi connectivity index (χ4v) is 2.08. The summed E-state index contributed by atoms with van der Waals surface area (Å²) in [6.07, 6.45) is 2.96. The van der Waals surface area contributed by atoms with Gasteiger partial charge in [0.15, 0.2) is 0 Å². The van der Waals surface area contributed by atoms with Crippen molar-refractivity contribution in [2.45, 2.75) is 32.2 Å². The number of aldehydes is 1. The smallest absolute Gasteiger partial charge is 0.148 e. The van der Waals surface area contributed by atoms with Crippen LogP contribution in [0.4, 0.5) is 10.2 Å². The summed E-state index contributed by atoms with van der Waals surface area (Å²) >= 11 is 0. The molecule has 2 aromatic rings. The van der Waals surface area contributed by atoms with Gasteiger partial charge < -0.3 is 10.1 Å². The Balaban J connectivity index is 2.16. The van der Waals surface area contributed by atoms with Gasteiger partial charge in [0.25, 0.3) is 0 Å². The number of hydrogen-bond donors (Lipinski definition) is 1. The van der Waals surface area contributed by atoms with Crippen LogP contribution in [0.25, 0.3) is 11.0 Å². The van der Waals surface area contributed by atoms with E-state index in [1.165, 1.54) is 6.07 Å². The van der Waals surface area contributed by atoms with Crippen molar-refractivity contribution >= 4 is 23.1 Å². The number of nitrogens with one attached hydrogen (secondary N) is 1. The Morgan fingerprint density at radius 3 is 2.89 bits per heavy atom. The number of anilines is 1. The highest BCUT2D eigenvalue weighted by atomic mass is 19.1. The largest absolute Gasteiger partial charge is 0.366 e. The van der Waals surface area contributed by atoms with Crippen molar-refractivity contribution < 1.29 is 9.18 Å². The average Bonchev–Trinajstić information content (AvgIpc) is 3.19. The number of fused-ring (bicyclic) bond motifs is 1. The molecule has 19 heavy (non-hydrogen) atoms. The SMILES string of the molecule is Cc1nc2ccc(F)c(CC=O)c2nc1NC1CC1. The average molecular weight is 259 g/mol. The summed E-state index contributed by atoms with van der Waals surface area (Å²) in [5.74, 6) is 0.280. The Bertz CT molecular complexity index is 653. The highest BCUT2D eigenvalue weighted by Crippen LogP contribution is 2.27. The number of aryl methyl sites for hydroxylation is 1. The van der Waals surface area contributed by atoms with E-state index in [1.54, 1.807) is 6.07 Å². The molecule has 1 saturated carbocycles. The number of rotatable bonds is 4. The van der Waals surface area contributed by atoms with Crippen LogP contribution in [-0.4, -0.2) is 22.3 Å². The first-order valence-corrected chi connectivity index (χ1v) is 6.35. The fraction of sp³-hybridized carbons (Fsp3) is 0.357. The van der Waals surface area contributed by atoms with Crippen LogP contribution >= 0.6 is 0 Å². The van der Waals surface area contributed by atoms with Gasteiger partial charge in [-0.05, 0) is 31.9 Å². The molecule has 1 aromatic carbocycles. The van der Waals surface area contributed by atoms with Crippen molar-refractivity contribution in [3.8, 4) is 0 Å². The molecule has 0 bridgehead atoms. The van der Waals surface area contributed by atoms with E-state index >= 15 is 0 Å². The zero-order chi connectivity index (χ0) is 13.4. The van der Waals surface area contributed by atoms with Gasteiger partial charge in [-0.15, -0.1) is 0 Å². The van der Waals surface area contributed by atoms with E-state index in [9.17, 15) is 9.18 Å². The van der Waals surface area contributed by atoms with Crippen LogP contribution in [0.1, 0.15) is 24.1 Å². The van der Waals surface area contributed by atoms with E-state index in [0.717, 1.165) is 18.5 Å². The van der Waals surface area contributed by atoms with E-state index in [0.29, 0.717) is 34.7 Å². The first-order valence-electron chi connectivity index (χ1n) is 6.35. The maximum atomic E-state index is 13.8. The van der Waals surface area contributed by atoms with Gasteiger partial charge in [0.2, 0.25) is 0 Å². The van der Waals surface area contributed by atoms with Crippen LogP contribution in [0.15, 0.2) is 12.1 Å². The molecule has 1 aliphatic carbocycles. The number of hydrogen-bond acceptors (Lipinski definition) is 4. The minimum Gasteiger partial charge on any atom is -0.366 e. The maximum Gasteiger partial charge on any atom is 0.148 e. The van der Waals surface area contributed by atoms with Gasteiger partial charge in [0, 0.05) is 18.0 Å². The van der Waals surface area contributed by atoms with Crippen LogP contribution in [0.3, 0.4) is 0 Å². The van der Waals surface area contributed by atoms with Gasteiger partial charge in [0.05, 0.1) is 16.7 Å². The Hall–Kier alpha value is -2.04. The molecule has 1 aromatic heterocycles. The molecule has 1 N–H and O–H groups in total. The number of benzene rings is 1. The van der Waals surface area contributed by atoms with Crippen molar-refractivity contribution in [1.29, 1.82) is 0 Å². The first-order chi connectivity index (χ1) is 9.19. The third-order valence-electron chi connectivity index (χ3n) is 3.26. The normalized spacial score (nSPS) is 14.6. The minimum atomic E-state index is -0.407. The Morgan fingerprint density at radius 1 is 1.42 bits per heavy atom. The zero-order valence-corrected chi connectivity index (χ0v) is 10.6. The number of carbonyl (C=O) groups excluding carboxylic acids is 1. The quantitative estimate of drug-likeness (QED) is 0.857.